The van der Waals surface area contributed by atoms with Crippen molar-refractivity contribution in [2.75, 3.05) is 0 Å². The van der Waals surface area contributed by atoms with E-state index in [-0.39, 0.29) is 11.4 Å². The van der Waals surface area contributed by atoms with Crippen LogP contribution in [0.2, 0.25) is 0 Å². The zero-order valence-corrected chi connectivity index (χ0v) is 11.4. The number of carbonyl (C=O) groups excluding carboxylic acids is 1. The topological polar surface area (TPSA) is 29.1 Å². The number of nitrogens with one attached hydrogen (secondary N) is 1. The van der Waals surface area contributed by atoms with Crippen molar-refractivity contribution < 1.29 is 4.79 Å². The molecule has 0 aliphatic heterocycles. The first-order valence-electron chi connectivity index (χ1n) is 6.19. The van der Waals surface area contributed by atoms with E-state index in [4.69, 9.17) is 0 Å². The SMILES string of the molecule is Cc1cc(C(=O)NC(C)(C)C)c2ccccc2c1. The molecular weight excluding hydrogens is 222 g/mol. The molecule has 18 heavy (non-hydrogen) atoms. The molecule has 0 saturated heterocycles. The van der Waals surface area contributed by atoms with Crippen molar-refractivity contribution in [1.82, 2.24) is 5.32 Å². The van der Waals surface area contributed by atoms with Gasteiger partial charge in [0.2, 0.25) is 0 Å². The van der Waals surface area contributed by atoms with Crippen molar-refractivity contribution in [3.05, 3.63) is 47.5 Å². The molecule has 0 radical (unpaired) electrons. The van der Waals surface area contributed by atoms with Crippen molar-refractivity contribution in [2.45, 2.75) is 33.2 Å². The molecule has 0 aliphatic carbocycles. The van der Waals surface area contributed by atoms with Gasteiger partial charge in [-0.15, -0.1) is 0 Å². The fourth-order valence-corrected chi connectivity index (χ4v) is 2.06. The Morgan fingerprint density at radius 3 is 2.44 bits per heavy atom. The van der Waals surface area contributed by atoms with E-state index in [1.54, 1.807) is 0 Å². The van der Waals surface area contributed by atoms with Crippen molar-refractivity contribution in [3.8, 4) is 0 Å². The van der Waals surface area contributed by atoms with E-state index in [2.05, 4.69) is 11.4 Å². The number of hydrogen-bond donors (Lipinski definition) is 1. The molecule has 2 heteroatoms. The Kier molecular flexibility index (Phi) is 3.12. The van der Waals surface area contributed by atoms with Crippen LogP contribution in [0.1, 0.15) is 36.7 Å². The predicted octanol–water partition coefficient (Wildman–Crippen LogP) is 3.68. The third kappa shape index (κ3) is 2.70. The number of rotatable bonds is 1. The van der Waals surface area contributed by atoms with Gasteiger partial charge in [-0.25, -0.2) is 0 Å². The third-order valence-electron chi connectivity index (χ3n) is 2.74. The molecule has 0 atom stereocenters. The van der Waals surface area contributed by atoms with Crippen LogP contribution in [0, 0.1) is 6.92 Å². The highest BCUT2D eigenvalue weighted by Gasteiger charge is 2.17. The molecule has 2 rings (SSSR count). The summed E-state index contributed by atoms with van der Waals surface area (Å²) in [6.07, 6.45) is 0. The van der Waals surface area contributed by atoms with E-state index < -0.39 is 0 Å². The second-order valence-corrected chi connectivity index (χ2v) is 5.74. The van der Waals surface area contributed by atoms with Crippen LogP contribution < -0.4 is 5.32 Å². The predicted molar refractivity (Wildman–Crippen MR) is 75.9 cm³/mol. The summed E-state index contributed by atoms with van der Waals surface area (Å²) in [5.41, 5.74) is 1.63. The van der Waals surface area contributed by atoms with Crippen LogP contribution in [0.15, 0.2) is 36.4 Å². The first-order valence-corrected chi connectivity index (χ1v) is 6.19. The molecule has 0 saturated carbocycles. The zero-order valence-electron chi connectivity index (χ0n) is 11.4. The molecule has 0 heterocycles. The molecule has 94 valence electrons. The molecule has 0 aliphatic rings. The Morgan fingerprint density at radius 1 is 1.11 bits per heavy atom. The second kappa shape index (κ2) is 4.45. The van der Waals surface area contributed by atoms with Gasteiger partial charge in [-0.3, -0.25) is 4.79 Å². The normalized spacial score (nSPS) is 11.6. The summed E-state index contributed by atoms with van der Waals surface area (Å²) in [6.45, 7) is 7.98. The molecule has 2 aromatic carbocycles. The molecule has 0 spiro atoms. The van der Waals surface area contributed by atoms with Gasteiger partial charge in [-0.05, 0) is 50.1 Å². The molecule has 0 bridgehead atoms. The molecule has 2 nitrogen and oxygen atoms in total. The summed E-state index contributed by atoms with van der Waals surface area (Å²) in [5.74, 6) is -0.0117. The van der Waals surface area contributed by atoms with Crippen LogP contribution in [-0.2, 0) is 0 Å². The molecule has 1 amide bonds. The van der Waals surface area contributed by atoms with Gasteiger partial charge in [0.05, 0.1) is 0 Å². The summed E-state index contributed by atoms with van der Waals surface area (Å²) < 4.78 is 0. The highest BCUT2D eigenvalue weighted by atomic mass is 16.1. The molecule has 2 aromatic rings. The third-order valence-corrected chi connectivity index (χ3v) is 2.74. The number of benzene rings is 2. The maximum atomic E-state index is 12.3. The summed E-state index contributed by atoms with van der Waals surface area (Å²) in [7, 11) is 0. The van der Waals surface area contributed by atoms with Gasteiger partial charge in [-0.2, -0.15) is 0 Å². The standard InChI is InChI=1S/C16H19NO/c1-11-9-12-7-5-6-8-13(12)14(10-11)15(18)17-16(2,3)4/h5-10H,1-4H3,(H,17,18). The minimum absolute atomic E-state index is 0.0117. The summed E-state index contributed by atoms with van der Waals surface area (Å²) in [4.78, 5) is 12.3. The average Bonchev–Trinajstić information content (AvgIpc) is 2.25. The van der Waals surface area contributed by atoms with Crippen LogP contribution in [0.5, 0.6) is 0 Å². The van der Waals surface area contributed by atoms with Crippen LogP contribution in [0.3, 0.4) is 0 Å². The number of aryl methyl sites for hydroxylation is 1. The van der Waals surface area contributed by atoms with Crippen molar-refractivity contribution >= 4 is 16.7 Å². The zero-order chi connectivity index (χ0) is 13.3. The first kappa shape index (κ1) is 12.6. The Balaban J connectivity index is 2.53. The molecular formula is C16H19NO. The van der Waals surface area contributed by atoms with Gasteiger partial charge < -0.3 is 5.32 Å². The maximum Gasteiger partial charge on any atom is 0.252 e. The van der Waals surface area contributed by atoms with Crippen LogP contribution >= 0.6 is 0 Å². The monoisotopic (exact) mass is 241 g/mol. The lowest BCUT2D eigenvalue weighted by molar-refractivity contribution is 0.0921. The molecule has 1 N–H and O–H groups in total. The van der Waals surface area contributed by atoms with E-state index in [1.807, 2.05) is 58.0 Å². The van der Waals surface area contributed by atoms with Crippen molar-refractivity contribution in [1.29, 1.82) is 0 Å². The van der Waals surface area contributed by atoms with Gasteiger partial charge in [-0.1, -0.05) is 30.3 Å². The van der Waals surface area contributed by atoms with Crippen LogP contribution in [0.4, 0.5) is 0 Å². The Morgan fingerprint density at radius 2 is 1.78 bits per heavy atom. The van der Waals surface area contributed by atoms with Crippen molar-refractivity contribution in [2.24, 2.45) is 0 Å². The maximum absolute atomic E-state index is 12.3. The second-order valence-electron chi connectivity index (χ2n) is 5.74. The van der Waals surface area contributed by atoms with Crippen molar-refractivity contribution in [3.63, 3.8) is 0 Å². The van der Waals surface area contributed by atoms with E-state index in [0.29, 0.717) is 0 Å². The minimum Gasteiger partial charge on any atom is -0.347 e. The largest absolute Gasteiger partial charge is 0.347 e. The lowest BCUT2D eigenvalue weighted by atomic mass is 9.99. The fraction of sp³-hybridized carbons (Fsp3) is 0.312. The number of hydrogen-bond acceptors (Lipinski definition) is 1. The average molecular weight is 241 g/mol. The quantitative estimate of drug-likeness (QED) is 0.810. The molecule has 0 aromatic heterocycles. The summed E-state index contributed by atoms with van der Waals surface area (Å²) in [5, 5.41) is 5.13. The van der Waals surface area contributed by atoms with E-state index in [1.165, 1.54) is 0 Å². The Labute approximate surface area is 108 Å². The van der Waals surface area contributed by atoms with Crippen LogP contribution in [0.25, 0.3) is 10.8 Å². The highest BCUT2D eigenvalue weighted by Crippen LogP contribution is 2.21. The van der Waals surface area contributed by atoms with Gasteiger partial charge in [0.15, 0.2) is 0 Å². The van der Waals surface area contributed by atoms with E-state index >= 15 is 0 Å². The smallest absolute Gasteiger partial charge is 0.252 e. The number of fused-ring (bicyclic) bond motifs is 1. The van der Waals surface area contributed by atoms with Gasteiger partial charge >= 0.3 is 0 Å². The summed E-state index contributed by atoms with van der Waals surface area (Å²) >= 11 is 0. The lowest BCUT2D eigenvalue weighted by Gasteiger charge is -2.21. The number of carbonyl (C=O) groups is 1. The highest BCUT2D eigenvalue weighted by molar-refractivity contribution is 6.07. The van der Waals surface area contributed by atoms with E-state index in [9.17, 15) is 4.79 Å². The first-order chi connectivity index (χ1) is 8.37. The van der Waals surface area contributed by atoms with Crippen LogP contribution in [-0.4, -0.2) is 11.4 Å². The van der Waals surface area contributed by atoms with Gasteiger partial charge in [0.25, 0.3) is 5.91 Å². The number of amides is 1. The van der Waals surface area contributed by atoms with Gasteiger partial charge in [0.1, 0.15) is 0 Å². The Bertz CT molecular complexity index is 594. The van der Waals surface area contributed by atoms with E-state index in [0.717, 1.165) is 21.9 Å². The minimum atomic E-state index is -0.220. The fourth-order valence-electron chi connectivity index (χ4n) is 2.06. The molecule has 0 fully saturated rings. The molecule has 0 unspecified atom stereocenters. The summed E-state index contributed by atoms with van der Waals surface area (Å²) in [6, 6.07) is 12.0. The van der Waals surface area contributed by atoms with Gasteiger partial charge in [0, 0.05) is 11.1 Å². The Hall–Kier alpha value is -1.83. The lowest BCUT2D eigenvalue weighted by Crippen LogP contribution is -2.40.